The number of hydrogen-bond donors (Lipinski definition) is 1. The van der Waals surface area contributed by atoms with Crippen LogP contribution in [-0.2, 0) is 5.75 Å². The average Bonchev–Trinajstić information content (AvgIpc) is 2.60. The number of ether oxygens (including phenoxy) is 1. The van der Waals surface area contributed by atoms with Gasteiger partial charge in [-0.1, -0.05) is 60.3 Å². The van der Waals surface area contributed by atoms with Gasteiger partial charge >= 0.3 is 5.69 Å². The molecule has 0 amide bonds. The topological polar surface area (TPSA) is 67.9 Å². The fourth-order valence-electron chi connectivity index (χ4n) is 2.13. The molecule has 0 unspecified atom stereocenters. The Kier molecular flexibility index (Phi) is 4.73. The minimum absolute atomic E-state index is 0.402. The first-order chi connectivity index (χ1) is 11.3. The second-order valence-corrected chi connectivity index (χ2v) is 5.69. The summed E-state index contributed by atoms with van der Waals surface area (Å²) in [7, 11) is 1.64. The molecule has 116 valence electrons. The van der Waals surface area contributed by atoms with E-state index in [1.807, 2.05) is 54.6 Å². The smallest absolute Gasteiger partial charge is 0.349 e. The zero-order chi connectivity index (χ0) is 16.1. The summed E-state index contributed by atoms with van der Waals surface area (Å²) in [6.07, 6.45) is 0. The molecule has 0 atom stereocenters. The molecule has 23 heavy (non-hydrogen) atoms. The van der Waals surface area contributed by atoms with Crippen LogP contribution in [0.2, 0.25) is 0 Å². The molecule has 5 nitrogen and oxygen atoms in total. The number of methoxy groups -OCH3 is 1. The van der Waals surface area contributed by atoms with Crippen LogP contribution in [0.4, 0.5) is 0 Å². The van der Waals surface area contributed by atoms with Crippen LogP contribution in [0, 0.1) is 0 Å². The lowest BCUT2D eigenvalue weighted by Gasteiger charge is -2.07. The summed E-state index contributed by atoms with van der Waals surface area (Å²) in [5.41, 5.74) is 1.48. The summed E-state index contributed by atoms with van der Waals surface area (Å²) in [4.78, 5) is 22.8. The molecule has 0 fully saturated rings. The Morgan fingerprint density at radius 1 is 1.04 bits per heavy atom. The first-order valence-corrected chi connectivity index (χ1v) is 8.03. The maximum atomic E-state index is 11.8. The van der Waals surface area contributed by atoms with Gasteiger partial charge in [-0.2, -0.15) is 4.98 Å². The van der Waals surface area contributed by atoms with Gasteiger partial charge in [-0.25, -0.2) is 9.78 Å². The molecule has 1 N–H and O–H groups in total. The SMILES string of the molecule is COc1ccccc1CSc1nc(-c2ccccc2)[nH]c(=O)n1. The number of thioether (sulfide) groups is 1. The van der Waals surface area contributed by atoms with E-state index in [0.717, 1.165) is 16.9 Å². The number of nitrogens with one attached hydrogen (secondary N) is 1. The van der Waals surface area contributed by atoms with E-state index in [1.165, 1.54) is 11.8 Å². The Hall–Kier alpha value is -2.60. The molecule has 0 aliphatic rings. The van der Waals surface area contributed by atoms with E-state index in [4.69, 9.17) is 4.74 Å². The maximum absolute atomic E-state index is 11.8. The summed E-state index contributed by atoms with van der Waals surface area (Å²) >= 11 is 1.40. The Balaban J connectivity index is 1.84. The van der Waals surface area contributed by atoms with Crippen molar-refractivity contribution in [3.63, 3.8) is 0 Å². The van der Waals surface area contributed by atoms with Crippen molar-refractivity contribution in [3.05, 3.63) is 70.6 Å². The fourth-order valence-corrected chi connectivity index (χ4v) is 2.95. The average molecular weight is 325 g/mol. The highest BCUT2D eigenvalue weighted by Crippen LogP contribution is 2.26. The van der Waals surface area contributed by atoms with E-state index in [0.29, 0.717) is 16.7 Å². The molecule has 0 spiro atoms. The highest BCUT2D eigenvalue weighted by molar-refractivity contribution is 7.98. The highest BCUT2D eigenvalue weighted by Gasteiger charge is 2.08. The summed E-state index contributed by atoms with van der Waals surface area (Å²) in [6, 6.07) is 17.3. The van der Waals surface area contributed by atoms with Gasteiger partial charge in [-0.3, -0.25) is 4.98 Å². The lowest BCUT2D eigenvalue weighted by atomic mass is 10.2. The van der Waals surface area contributed by atoms with E-state index in [2.05, 4.69) is 15.0 Å². The molecule has 3 aromatic rings. The van der Waals surface area contributed by atoms with E-state index in [1.54, 1.807) is 7.11 Å². The predicted molar refractivity (Wildman–Crippen MR) is 90.6 cm³/mol. The second kappa shape index (κ2) is 7.11. The standard InChI is InChI=1S/C17H15N3O2S/c1-22-14-10-6-5-9-13(14)11-23-17-19-15(18-16(21)20-17)12-7-3-2-4-8-12/h2-10H,11H2,1H3,(H,18,19,20,21). The Labute approximate surface area is 137 Å². The van der Waals surface area contributed by atoms with Crippen LogP contribution < -0.4 is 10.4 Å². The van der Waals surface area contributed by atoms with Crippen LogP contribution >= 0.6 is 11.8 Å². The predicted octanol–water partition coefficient (Wildman–Crippen LogP) is 3.13. The van der Waals surface area contributed by atoms with Crippen LogP contribution in [0.1, 0.15) is 5.56 Å². The van der Waals surface area contributed by atoms with E-state index >= 15 is 0 Å². The third-order valence-corrected chi connectivity index (χ3v) is 4.12. The summed E-state index contributed by atoms with van der Waals surface area (Å²) < 4.78 is 5.33. The molecule has 0 aliphatic carbocycles. The highest BCUT2D eigenvalue weighted by atomic mass is 32.2. The van der Waals surface area contributed by atoms with Crippen LogP contribution in [0.15, 0.2) is 64.5 Å². The molecule has 1 aromatic heterocycles. The van der Waals surface area contributed by atoms with Gasteiger partial charge in [0.25, 0.3) is 0 Å². The van der Waals surface area contributed by atoms with Gasteiger partial charge in [0.15, 0.2) is 5.16 Å². The number of rotatable bonds is 5. The van der Waals surface area contributed by atoms with Crippen LogP contribution in [-0.4, -0.2) is 22.1 Å². The van der Waals surface area contributed by atoms with Gasteiger partial charge < -0.3 is 4.74 Å². The van der Waals surface area contributed by atoms with E-state index < -0.39 is 5.69 Å². The van der Waals surface area contributed by atoms with E-state index in [9.17, 15) is 4.79 Å². The van der Waals surface area contributed by atoms with Gasteiger partial charge in [-0.05, 0) is 6.07 Å². The Morgan fingerprint density at radius 2 is 1.78 bits per heavy atom. The normalized spacial score (nSPS) is 10.5. The number of nitrogens with zero attached hydrogens (tertiary/aromatic N) is 2. The third-order valence-electron chi connectivity index (χ3n) is 3.23. The molecule has 3 rings (SSSR count). The second-order valence-electron chi connectivity index (χ2n) is 4.75. The zero-order valence-electron chi connectivity index (χ0n) is 12.5. The largest absolute Gasteiger partial charge is 0.496 e. The summed E-state index contributed by atoms with van der Waals surface area (Å²) in [6.45, 7) is 0. The monoisotopic (exact) mass is 325 g/mol. The number of aromatic amines is 1. The van der Waals surface area contributed by atoms with Crippen molar-refractivity contribution < 1.29 is 4.74 Å². The van der Waals surface area contributed by atoms with Crippen LogP contribution in [0.5, 0.6) is 5.75 Å². The van der Waals surface area contributed by atoms with Gasteiger partial charge in [0.1, 0.15) is 11.6 Å². The number of benzene rings is 2. The molecular formula is C17H15N3O2S. The lowest BCUT2D eigenvalue weighted by molar-refractivity contribution is 0.411. The zero-order valence-corrected chi connectivity index (χ0v) is 13.3. The van der Waals surface area contributed by atoms with Crippen molar-refractivity contribution in [1.82, 2.24) is 15.0 Å². The molecule has 6 heteroatoms. The van der Waals surface area contributed by atoms with Crippen molar-refractivity contribution in [2.75, 3.05) is 7.11 Å². The number of hydrogen-bond acceptors (Lipinski definition) is 5. The number of aromatic nitrogens is 3. The first-order valence-electron chi connectivity index (χ1n) is 7.05. The van der Waals surface area contributed by atoms with Crippen LogP contribution in [0.25, 0.3) is 11.4 Å². The van der Waals surface area contributed by atoms with Gasteiger partial charge in [0.05, 0.1) is 7.11 Å². The van der Waals surface area contributed by atoms with Crippen molar-refractivity contribution in [3.8, 4) is 17.1 Å². The van der Waals surface area contributed by atoms with Crippen molar-refractivity contribution in [1.29, 1.82) is 0 Å². The minimum atomic E-state index is -0.402. The first kappa shape index (κ1) is 15.3. The van der Waals surface area contributed by atoms with Crippen LogP contribution in [0.3, 0.4) is 0 Å². The summed E-state index contributed by atoms with van der Waals surface area (Å²) in [5, 5.41) is 0.443. The molecule has 0 saturated carbocycles. The lowest BCUT2D eigenvalue weighted by Crippen LogP contribution is -2.14. The molecule has 0 saturated heterocycles. The summed E-state index contributed by atoms with van der Waals surface area (Å²) in [5.74, 6) is 1.96. The Morgan fingerprint density at radius 3 is 2.57 bits per heavy atom. The van der Waals surface area contributed by atoms with E-state index in [-0.39, 0.29) is 0 Å². The molecule has 0 aliphatic heterocycles. The number of H-pyrrole nitrogens is 1. The molecule has 0 bridgehead atoms. The quantitative estimate of drug-likeness (QED) is 0.730. The third kappa shape index (κ3) is 3.78. The van der Waals surface area contributed by atoms with Crippen molar-refractivity contribution >= 4 is 11.8 Å². The van der Waals surface area contributed by atoms with Crippen molar-refractivity contribution in [2.45, 2.75) is 10.9 Å². The molecular weight excluding hydrogens is 310 g/mol. The number of para-hydroxylation sites is 1. The molecule has 1 heterocycles. The Bertz CT molecular complexity index is 850. The van der Waals surface area contributed by atoms with Gasteiger partial charge in [0.2, 0.25) is 0 Å². The van der Waals surface area contributed by atoms with Gasteiger partial charge in [-0.15, -0.1) is 0 Å². The van der Waals surface area contributed by atoms with Gasteiger partial charge in [0, 0.05) is 16.9 Å². The molecule has 2 aromatic carbocycles. The maximum Gasteiger partial charge on any atom is 0.349 e. The molecule has 0 radical (unpaired) electrons. The van der Waals surface area contributed by atoms with Crippen molar-refractivity contribution in [2.24, 2.45) is 0 Å². The fraction of sp³-hybridized carbons (Fsp3) is 0.118. The minimum Gasteiger partial charge on any atom is -0.496 e.